The van der Waals surface area contributed by atoms with Crippen LogP contribution >= 0.6 is 0 Å². The molecule has 0 aliphatic heterocycles. The lowest BCUT2D eigenvalue weighted by molar-refractivity contribution is 0.0524. The molecule has 3 rings (SSSR count). The molecule has 2 aromatic rings. The van der Waals surface area contributed by atoms with Gasteiger partial charge < -0.3 is 14.9 Å². The third-order valence-corrected chi connectivity index (χ3v) is 5.97. The van der Waals surface area contributed by atoms with E-state index in [1.807, 2.05) is 24.3 Å². The van der Waals surface area contributed by atoms with Crippen LogP contribution in [0.4, 0.5) is 0 Å². The summed E-state index contributed by atoms with van der Waals surface area (Å²) in [6.45, 7) is 10.6. The topological polar surface area (TPSA) is 49.7 Å². The van der Waals surface area contributed by atoms with Crippen molar-refractivity contribution in [1.29, 1.82) is 0 Å². The first kappa shape index (κ1) is 23.4. The van der Waals surface area contributed by atoms with Crippen molar-refractivity contribution in [3.8, 4) is 16.9 Å². The molecule has 1 aliphatic rings. The molecule has 0 bridgehead atoms. The average molecular weight is 399 g/mol. The predicted molar refractivity (Wildman–Crippen MR) is 121 cm³/mol. The molecule has 4 atom stereocenters. The largest absolute Gasteiger partial charge is 0.490 e. The molecule has 2 aromatic carbocycles. The van der Waals surface area contributed by atoms with Crippen molar-refractivity contribution in [3.63, 3.8) is 0 Å². The van der Waals surface area contributed by atoms with Crippen molar-refractivity contribution in [2.45, 2.75) is 72.5 Å². The van der Waals surface area contributed by atoms with E-state index in [0.717, 1.165) is 23.7 Å². The van der Waals surface area contributed by atoms with Crippen LogP contribution in [0.3, 0.4) is 0 Å². The van der Waals surface area contributed by atoms with Gasteiger partial charge in [-0.1, -0.05) is 63.1 Å². The van der Waals surface area contributed by atoms with Gasteiger partial charge in [-0.15, -0.1) is 0 Å². The molecule has 1 saturated carbocycles. The molecule has 0 heterocycles. The van der Waals surface area contributed by atoms with Crippen molar-refractivity contribution >= 4 is 0 Å². The Morgan fingerprint density at radius 2 is 1.72 bits per heavy atom. The third kappa shape index (κ3) is 6.87. The first-order chi connectivity index (χ1) is 13.8. The number of rotatable bonds is 5. The first-order valence-electron chi connectivity index (χ1n) is 11.0. The number of aliphatic hydroxyl groups excluding tert-OH is 2. The lowest BCUT2D eigenvalue weighted by Crippen LogP contribution is -2.26. The van der Waals surface area contributed by atoms with Crippen LogP contribution in [0.5, 0.6) is 5.75 Å². The highest BCUT2D eigenvalue weighted by molar-refractivity contribution is 5.76. The van der Waals surface area contributed by atoms with Gasteiger partial charge in [0.15, 0.2) is 0 Å². The fourth-order valence-corrected chi connectivity index (χ4v) is 3.92. The SMILES string of the molecule is CCC1CC[C@@H](C)C(O)C1.Cc1ccccc1-c1c(C)cccc1OCC(C)O. The highest BCUT2D eigenvalue weighted by Crippen LogP contribution is 2.35. The van der Waals surface area contributed by atoms with Crippen molar-refractivity contribution < 1.29 is 14.9 Å². The minimum atomic E-state index is -0.467. The fourth-order valence-electron chi connectivity index (χ4n) is 3.92. The second-order valence-corrected chi connectivity index (χ2v) is 8.55. The van der Waals surface area contributed by atoms with Crippen LogP contribution in [0.1, 0.15) is 57.6 Å². The van der Waals surface area contributed by atoms with E-state index in [9.17, 15) is 10.2 Å². The maximum Gasteiger partial charge on any atom is 0.127 e. The number of hydrogen-bond donors (Lipinski definition) is 2. The highest BCUT2D eigenvalue weighted by Gasteiger charge is 2.24. The molecule has 160 valence electrons. The minimum absolute atomic E-state index is 0.0151. The van der Waals surface area contributed by atoms with Crippen LogP contribution in [0, 0.1) is 25.7 Å². The van der Waals surface area contributed by atoms with Gasteiger partial charge in [-0.3, -0.25) is 0 Å². The molecule has 3 nitrogen and oxygen atoms in total. The summed E-state index contributed by atoms with van der Waals surface area (Å²) in [5, 5.41) is 18.9. The van der Waals surface area contributed by atoms with Crippen LogP contribution in [0.25, 0.3) is 11.1 Å². The number of ether oxygens (including phenoxy) is 1. The Labute approximate surface area is 176 Å². The lowest BCUT2D eigenvalue weighted by atomic mass is 9.80. The molecular formula is C26H38O3. The van der Waals surface area contributed by atoms with Crippen LogP contribution in [-0.2, 0) is 0 Å². The van der Waals surface area contributed by atoms with Gasteiger partial charge in [0, 0.05) is 5.56 Å². The van der Waals surface area contributed by atoms with Crippen LogP contribution in [0.2, 0.25) is 0 Å². The zero-order valence-electron chi connectivity index (χ0n) is 18.7. The fraction of sp³-hybridized carbons (Fsp3) is 0.538. The Morgan fingerprint density at radius 1 is 1.03 bits per heavy atom. The standard InChI is InChI=1S/C17H20O2.C9H18O/c1-12-7-4-5-9-15(12)17-13(2)8-6-10-16(17)19-11-14(3)18;1-3-8-5-4-7(2)9(10)6-8/h4-10,14,18H,11H2,1-3H3;7-10H,3-6H2,1-2H3/t;7-,8?,9?/m.1/s1. The van der Waals surface area contributed by atoms with Gasteiger partial charge in [0.1, 0.15) is 12.4 Å². The highest BCUT2D eigenvalue weighted by atomic mass is 16.5. The second kappa shape index (κ2) is 11.4. The molecule has 0 aromatic heterocycles. The molecule has 3 heteroatoms. The summed E-state index contributed by atoms with van der Waals surface area (Å²) in [5.41, 5.74) is 4.69. The van der Waals surface area contributed by atoms with E-state index in [1.165, 1.54) is 36.0 Å². The van der Waals surface area contributed by atoms with Gasteiger partial charge in [-0.2, -0.15) is 0 Å². The molecule has 29 heavy (non-hydrogen) atoms. The van der Waals surface area contributed by atoms with Gasteiger partial charge in [0.25, 0.3) is 0 Å². The summed E-state index contributed by atoms with van der Waals surface area (Å²) in [4.78, 5) is 0. The van der Waals surface area contributed by atoms with Crippen molar-refractivity contribution in [3.05, 3.63) is 53.6 Å². The summed E-state index contributed by atoms with van der Waals surface area (Å²) in [6.07, 6.45) is 4.35. The van der Waals surface area contributed by atoms with Gasteiger partial charge in [0.2, 0.25) is 0 Å². The quantitative estimate of drug-likeness (QED) is 0.657. The third-order valence-electron chi connectivity index (χ3n) is 5.97. The smallest absolute Gasteiger partial charge is 0.127 e. The Morgan fingerprint density at radius 3 is 2.34 bits per heavy atom. The molecule has 1 aliphatic carbocycles. The number of aryl methyl sites for hydroxylation is 2. The minimum Gasteiger partial charge on any atom is -0.490 e. The Bertz CT molecular complexity index is 753. The van der Waals surface area contributed by atoms with Crippen LogP contribution in [0.15, 0.2) is 42.5 Å². The van der Waals surface area contributed by atoms with Crippen molar-refractivity contribution in [1.82, 2.24) is 0 Å². The maximum absolute atomic E-state index is 9.48. The van der Waals surface area contributed by atoms with Gasteiger partial charge >= 0.3 is 0 Å². The molecule has 0 spiro atoms. The Hall–Kier alpha value is -1.84. The van der Waals surface area contributed by atoms with E-state index in [-0.39, 0.29) is 6.10 Å². The monoisotopic (exact) mass is 398 g/mol. The van der Waals surface area contributed by atoms with Crippen LogP contribution in [-0.4, -0.2) is 29.0 Å². The molecule has 2 N–H and O–H groups in total. The van der Waals surface area contributed by atoms with E-state index in [0.29, 0.717) is 12.5 Å². The maximum atomic E-state index is 9.48. The Balaban J connectivity index is 0.000000253. The lowest BCUT2D eigenvalue weighted by Gasteiger charge is -2.30. The number of benzene rings is 2. The number of aliphatic hydroxyl groups is 2. The zero-order chi connectivity index (χ0) is 21.4. The molecule has 0 saturated heterocycles. The zero-order valence-corrected chi connectivity index (χ0v) is 18.7. The molecule has 1 fully saturated rings. The molecule has 0 radical (unpaired) electrons. The summed E-state index contributed by atoms with van der Waals surface area (Å²) in [5.74, 6) is 2.17. The summed E-state index contributed by atoms with van der Waals surface area (Å²) < 4.78 is 5.74. The normalized spacial score (nSPS) is 22.4. The molecule has 0 amide bonds. The van der Waals surface area contributed by atoms with Crippen molar-refractivity contribution in [2.24, 2.45) is 11.8 Å². The summed E-state index contributed by atoms with van der Waals surface area (Å²) in [6, 6.07) is 14.3. The first-order valence-corrected chi connectivity index (χ1v) is 11.0. The summed E-state index contributed by atoms with van der Waals surface area (Å²) >= 11 is 0. The van der Waals surface area contributed by atoms with Gasteiger partial charge in [-0.25, -0.2) is 0 Å². The predicted octanol–water partition coefficient (Wildman–Crippen LogP) is 5.92. The molecule has 3 unspecified atom stereocenters. The summed E-state index contributed by atoms with van der Waals surface area (Å²) in [7, 11) is 0. The average Bonchev–Trinajstić information content (AvgIpc) is 2.70. The molecular weight excluding hydrogens is 360 g/mol. The van der Waals surface area contributed by atoms with E-state index in [4.69, 9.17) is 4.74 Å². The van der Waals surface area contributed by atoms with Gasteiger partial charge in [-0.05, 0) is 68.2 Å². The van der Waals surface area contributed by atoms with E-state index in [1.54, 1.807) is 6.92 Å². The van der Waals surface area contributed by atoms with Gasteiger partial charge in [0.05, 0.1) is 12.2 Å². The second-order valence-electron chi connectivity index (χ2n) is 8.55. The van der Waals surface area contributed by atoms with Crippen LogP contribution < -0.4 is 4.74 Å². The van der Waals surface area contributed by atoms with E-state index < -0.39 is 6.10 Å². The Kier molecular flexibility index (Phi) is 9.19. The van der Waals surface area contributed by atoms with E-state index >= 15 is 0 Å². The van der Waals surface area contributed by atoms with E-state index in [2.05, 4.69) is 45.9 Å². The van der Waals surface area contributed by atoms with Crippen molar-refractivity contribution in [2.75, 3.05) is 6.61 Å². The number of hydrogen-bond acceptors (Lipinski definition) is 3.